The van der Waals surface area contributed by atoms with Crippen LogP contribution in [0.4, 0.5) is 0 Å². The number of nitrogens with zero attached hydrogens (tertiary/aromatic N) is 3. The molecule has 0 aliphatic rings. The van der Waals surface area contributed by atoms with Crippen LogP contribution in [-0.4, -0.2) is 29.7 Å². The van der Waals surface area contributed by atoms with Gasteiger partial charge in [0.2, 0.25) is 0 Å². The van der Waals surface area contributed by atoms with Gasteiger partial charge in [-0.2, -0.15) is 5.26 Å². The van der Waals surface area contributed by atoms with Crippen molar-refractivity contribution in [2.24, 2.45) is 7.05 Å². The maximum absolute atomic E-state index is 9.70. The lowest BCUT2D eigenvalue weighted by atomic mass is 10.0. The number of benzene rings is 1. The molecule has 0 bridgehead atoms. The van der Waals surface area contributed by atoms with Gasteiger partial charge >= 0.3 is 0 Å². The number of methoxy groups -OCH3 is 1. The summed E-state index contributed by atoms with van der Waals surface area (Å²) in [4.78, 5) is 2.04. The average Bonchev–Trinajstić information content (AvgIpc) is 2.85. The largest absolute Gasteiger partial charge is 0.497 e. The predicted octanol–water partition coefficient (Wildman–Crippen LogP) is 3.43. The normalized spacial score (nSPS) is 12.1. The van der Waals surface area contributed by atoms with E-state index in [4.69, 9.17) is 4.74 Å². The molecule has 0 saturated heterocycles. The molecule has 0 spiro atoms. The summed E-state index contributed by atoms with van der Waals surface area (Å²) in [6.45, 7) is 8.81. The third kappa shape index (κ3) is 2.90. The predicted molar refractivity (Wildman–Crippen MR) is 89.8 cm³/mol. The zero-order chi connectivity index (χ0) is 16.1. The maximum atomic E-state index is 9.70. The lowest BCUT2D eigenvalue weighted by molar-refractivity contribution is 0.292. The molecular formula is C18H21N3O. The van der Waals surface area contributed by atoms with Crippen molar-refractivity contribution in [3.63, 3.8) is 0 Å². The summed E-state index contributed by atoms with van der Waals surface area (Å²) in [5.41, 5.74) is 2.05. The van der Waals surface area contributed by atoms with Crippen LogP contribution in [0.3, 0.4) is 0 Å². The summed E-state index contributed by atoms with van der Waals surface area (Å²) in [5.74, 6) is 0.788. The third-order valence-electron chi connectivity index (χ3n) is 3.74. The summed E-state index contributed by atoms with van der Waals surface area (Å²) < 4.78 is 7.35. The molecule has 0 fully saturated rings. The molecule has 1 heterocycles. The molecule has 0 amide bonds. The van der Waals surface area contributed by atoms with E-state index in [0.717, 1.165) is 22.2 Å². The van der Waals surface area contributed by atoms with E-state index in [-0.39, 0.29) is 6.04 Å². The average molecular weight is 295 g/mol. The third-order valence-corrected chi connectivity index (χ3v) is 3.74. The van der Waals surface area contributed by atoms with Crippen LogP contribution in [0.1, 0.15) is 11.6 Å². The summed E-state index contributed by atoms with van der Waals surface area (Å²) in [7, 11) is 3.63. The van der Waals surface area contributed by atoms with Gasteiger partial charge in [-0.1, -0.05) is 12.2 Å². The Labute approximate surface area is 131 Å². The Morgan fingerprint density at radius 2 is 2.05 bits per heavy atom. The van der Waals surface area contributed by atoms with E-state index in [1.54, 1.807) is 19.3 Å². The molecule has 0 radical (unpaired) electrons. The lowest BCUT2D eigenvalue weighted by Crippen LogP contribution is -2.28. The minimum Gasteiger partial charge on any atom is -0.497 e. The van der Waals surface area contributed by atoms with Crippen LogP contribution in [0.15, 0.2) is 49.7 Å². The molecule has 114 valence electrons. The van der Waals surface area contributed by atoms with Gasteiger partial charge in [-0.05, 0) is 18.2 Å². The van der Waals surface area contributed by atoms with Gasteiger partial charge in [0.25, 0.3) is 0 Å². The van der Waals surface area contributed by atoms with E-state index in [9.17, 15) is 5.26 Å². The first kappa shape index (κ1) is 15.9. The minimum absolute atomic E-state index is 0.355. The highest BCUT2D eigenvalue weighted by atomic mass is 16.5. The molecule has 22 heavy (non-hydrogen) atoms. The van der Waals surface area contributed by atoms with Crippen molar-refractivity contribution in [3.05, 3.63) is 55.3 Å². The van der Waals surface area contributed by atoms with Gasteiger partial charge in [-0.15, -0.1) is 13.2 Å². The SMILES string of the molecule is C=CCN(CC=C)C(C#N)c1cn(C)c2ccc(OC)cc12. The summed E-state index contributed by atoms with van der Waals surface area (Å²) >= 11 is 0. The Kier molecular flexibility index (Phi) is 5.03. The van der Waals surface area contributed by atoms with E-state index in [2.05, 4.69) is 19.2 Å². The van der Waals surface area contributed by atoms with E-state index in [1.807, 2.05) is 40.9 Å². The Morgan fingerprint density at radius 3 is 2.59 bits per heavy atom. The van der Waals surface area contributed by atoms with Crippen molar-refractivity contribution in [1.82, 2.24) is 9.47 Å². The van der Waals surface area contributed by atoms with Crippen molar-refractivity contribution in [3.8, 4) is 11.8 Å². The first-order valence-corrected chi connectivity index (χ1v) is 7.14. The van der Waals surface area contributed by atoms with Crippen LogP contribution in [0.5, 0.6) is 5.75 Å². The topological polar surface area (TPSA) is 41.2 Å². The van der Waals surface area contributed by atoms with E-state index < -0.39 is 0 Å². The van der Waals surface area contributed by atoms with E-state index in [1.165, 1.54) is 0 Å². The van der Waals surface area contributed by atoms with Gasteiger partial charge in [0.05, 0.1) is 13.2 Å². The fraction of sp³-hybridized carbons (Fsp3) is 0.278. The second-order valence-corrected chi connectivity index (χ2v) is 5.14. The number of fused-ring (bicyclic) bond motifs is 1. The number of aryl methyl sites for hydroxylation is 1. The van der Waals surface area contributed by atoms with Crippen molar-refractivity contribution in [2.45, 2.75) is 6.04 Å². The maximum Gasteiger partial charge on any atom is 0.126 e. The highest BCUT2D eigenvalue weighted by Gasteiger charge is 2.22. The molecule has 4 heteroatoms. The second kappa shape index (κ2) is 6.97. The van der Waals surface area contributed by atoms with Crippen LogP contribution in [0.2, 0.25) is 0 Å². The second-order valence-electron chi connectivity index (χ2n) is 5.14. The fourth-order valence-electron chi connectivity index (χ4n) is 2.71. The first-order chi connectivity index (χ1) is 10.7. The van der Waals surface area contributed by atoms with Crippen LogP contribution in [0, 0.1) is 11.3 Å². The monoisotopic (exact) mass is 295 g/mol. The molecule has 2 aromatic rings. The number of ether oxygens (including phenoxy) is 1. The van der Waals surface area contributed by atoms with E-state index >= 15 is 0 Å². The lowest BCUT2D eigenvalue weighted by Gasteiger charge is -2.24. The van der Waals surface area contributed by atoms with Crippen molar-refractivity contribution in [2.75, 3.05) is 20.2 Å². The molecular weight excluding hydrogens is 274 g/mol. The Morgan fingerprint density at radius 1 is 1.36 bits per heavy atom. The van der Waals surface area contributed by atoms with Crippen LogP contribution >= 0.6 is 0 Å². The summed E-state index contributed by atoms with van der Waals surface area (Å²) in [5, 5.41) is 10.7. The van der Waals surface area contributed by atoms with Gasteiger partial charge in [0.1, 0.15) is 11.8 Å². The summed E-state index contributed by atoms with van der Waals surface area (Å²) in [6, 6.07) is 7.97. The first-order valence-electron chi connectivity index (χ1n) is 7.14. The van der Waals surface area contributed by atoms with Crippen molar-refractivity contribution < 1.29 is 4.74 Å². The molecule has 4 nitrogen and oxygen atoms in total. The summed E-state index contributed by atoms with van der Waals surface area (Å²) in [6.07, 6.45) is 5.62. The Balaban J connectivity index is 2.57. The number of nitriles is 1. The Hall–Kier alpha value is -2.51. The number of hydrogen-bond acceptors (Lipinski definition) is 3. The van der Waals surface area contributed by atoms with Gasteiger partial charge in [-0.3, -0.25) is 4.90 Å². The zero-order valence-electron chi connectivity index (χ0n) is 13.1. The smallest absolute Gasteiger partial charge is 0.126 e. The molecule has 2 rings (SSSR count). The molecule has 1 aromatic heterocycles. The molecule has 0 saturated carbocycles. The number of hydrogen-bond donors (Lipinski definition) is 0. The highest BCUT2D eigenvalue weighted by Crippen LogP contribution is 2.32. The fourth-order valence-corrected chi connectivity index (χ4v) is 2.71. The molecule has 0 aliphatic carbocycles. The van der Waals surface area contributed by atoms with Crippen LogP contribution in [-0.2, 0) is 7.05 Å². The molecule has 1 unspecified atom stereocenters. The molecule has 1 aromatic carbocycles. The van der Waals surface area contributed by atoms with Gasteiger partial charge < -0.3 is 9.30 Å². The van der Waals surface area contributed by atoms with Crippen LogP contribution in [0.25, 0.3) is 10.9 Å². The van der Waals surface area contributed by atoms with Crippen molar-refractivity contribution >= 4 is 10.9 Å². The molecule has 0 N–H and O–H groups in total. The zero-order valence-corrected chi connectivity index (χ0v) is 13.1. The van der Waals surface area contributed by atoms with Gasteiger partial charge in [0.15, 0.2) is 0 Å². The van der Waals surface area contributed by atoms with Crippen molar-refractivity contribution in [1.29, 1.82) is 5.26 Å². The standard InChI is InChI=1S/C18H21N3O/c1-5-9-21(10-6-2)18(12-19)16-13-20(3)17-8-7-14(22-4)11-15(16)17/h5-8,11,13,18H,1-2,9-10H2,3-4H3. The highest BCUT2D eigenvalue weighted by molar-refractivity contribution is 5.86. The Bertz CT molecular complexity index is 714. The quantitative estimate of drug-likeness (QED) is 0.735. The molecule has 0 aliphatic heterocycles. The van der Waals surface area contributed by atoms with E-state index in [0.29, 0.717) is 13.1 Å². The number of aromatic nitrogens is 1. The van der Waals surface area contributed by atoms with Gasteiger partial charge in [0, 0.05) is 42.8 Å². The number of rotatable bonds is 7. The van der Waals surface area contributed by atoms with Crippen LogP contribution < -0.4 is 4.74 Å². The van der Waals surface area contributed by atoms with Gasteiger partial charge in [-0.25, -0.2) is 0 Å². The minimum atomic E-state index is -0.355. The molecule has 1 atom stereocenters.